The van der Waals surface area contributed by atoms with E-state index in [0.29, 0.717) is 26.1 Å². The Hall–Kier alpha value is -1.44. The van der Waals surface area contributed by atoms with Crippen LogP contribution in [0.2, 0.25) is 0 Å². The SMILES string of the molecule is C[C@H]1C[C@H](C)CN(CCCNC(=O)[C@@H]2CCCN(S(=O)(=O)CCCc3ccccc3)C2)C1. The van der Waals surface area contributed by atoms with Gasteiger partial charge in [-0.05, 0) is 62.5 Å². The van der Waals surface area contributed by atoms with Gasteiger partial charge in [-0.1, -0.05) is 44.2 Å². The van der Waals surface area contributed by atoms with Crippen LogP contribution in [0.5, 0.6) is 0 Å². The van der Waals surface area contributed by atoms with Crippen LogP contribution in [-0.2, 0) is 21.2 Å². The number of rotatable bonds is 10. The van der Waals surface area contributed by atoms with Crippen molar-refractivity contribution in [3.8, 4) is 0 Å². The second kappa shape index (κ2) is 12.1. The van der Waals surface area contributed by atoms with E-state index in [1.807, 2.05) is 30.3 Å². The minimum Gasteiger partial charge on any atom is -0.356 e. The highest BCUT2D eigenvalue weighted by Gasteiger charge is 2.32. The van der Waals surface area contributed by atoms with Crippen LogP contribution in [-0.4, -0.2) is 68.6 Å². The molecule has 3 atom stereocenters. The first kappa shape index (κ1) is 25.2. The summed E-state index contributed by atoms with van der Waals surface area (Å²) in [5.41, 5.74) is 1.16. The molecule has 180 valence electrons. The predicted octanol–water partition coefficient (Wildman–Crippen LogP) is 3.15. The lowest BCUT2D eigenvalue weighted by atomic mass is 9.92. The van der Waals surface area contributed by atoms with Gasteiger partial charge >= 0.3 is 0 Å². The number of nitrogens with one attached hydrogen (secondary N) is 1. The van der Waals surface area contributed by atoms with Gasteiger partial charge in [0.15, 0.2) is 0 Å². The highest BCUT2D eigenvalue weighted by atomic mass is 32.2. The maximum atomic E-state index is 12.8. The first-order chi connectivity index (χ1) is 15.3. The molecule has 0 radical (unpaired) electrons. The average Bonchev–Trinajstić information content (AvgIpc) is 2.77. The average molecular weight is 464 g/mol. The number of piperidine rings is 2. The lowest BCUT2D eigenvalue weighted by Crippen LogP contribution is -2.46. The number of hydrogen-bond donors (Lipinski definition) is 1. The summed E-state index contributed by atoms with van der Waals surface area (Å²) in [6, 6.07) is 9.98. The summed E-state index contributed by atoms with van der Waals surface area (Å²) in [7, 11) is -3.32. The Balaban J connectivity index is 1.37. The monoisotopic (exact) mass is 463 g/mol. The van der Waals surface area contributed by atoms with Gasteiger partial charge in [0, 0.05) is 32.7 Å². The molecule has 3 rings (SSSR count). The smallest absolute Gasteiger partial charge is 0.224 e. The molecule has 0 aromatic heterocycles. The molecule has 1 N–H and O–H groups in total. The van der Waals surface area contributed by atoms with Crippen molar-refractivity contribution in [2.45, 2.75) is 52.4 Å². The second-order valence-corrected chi connectivity index (χ2v) is 12.0. The molecular formula is C25H41N3O3S. The zero-order valence-electron chi connectivity index (χ0n) is 19.8. The van der Waals surface area contributed by atoms with Crippen molar-refractivity contribution < 1.29 is 13.2 Å². The van der Waals surface area contributed by atoms with Crippen molar-refractivity contribution in [1.82, 2.24) is 14.5 Å². The van der Waals surface area contributed by atoms with Crippen LogP contribution < -0.4 is 5.32 Å². The lowest BCUT2D eigenvalue weighted by Gasteiger charge is -2.35. The third-order valence-corrected chi connectivity index (χ3v) is 8.68. The fourth-order valence-corrected chi connectivity index (χ4v) is 6.86. The normalized spacial score (nSPS) is 25.5. The van der Waals surface area contributed by atoms with Crippen molar-refractivity contribution in [3.63, 3.8) is 0 Å². The van der Waals surface area contributed by atoms with Crippen LogP contribution in [0, 0.1) is 17.8 Å². The van der Waals surface area contributed by atoms with Gasteiger partial charge in [-0.15, -0.1) is 0 Å². The van der Waals surface area contributed by atoms with E-state index in [-0.39, 0.29) is 17.6 Å². The Morgan fingerprint density at radius 2 is 1.78 bits per heavy atom. The van der Waals surface area contributed by atoms with Crippen molar-refractivity contribution in [2.24, 2.45) is 17.8 Å². The van der Waals surface area contributed by atoms with E-state index in [1.165, 1.54) is 6.42 Å². The Kier molecular flexibility index (Phi) is 9.56. The molecule has 0 unspecified atom stereocenters. The minimum atomic E-state index is -3.32. The van der Waals surface area contributed by atoms with Crippen molar-refractivity contribution in [1.29, 1.82) is 0 Å². The summed E-state index contributed by atoms with van der Waals surface area (Å²) >= 11 is 0. The molecule has 32 heavy (non-hydrogen) atoms. The summed E-state index contributed by atoms with van der Waals surface area (Å²) in [5, 5.41) is 3.06. The van der Waals surface area contributed by atoms with Crippen molar-refractivity contribution in [3.05, 3.63) is 35.9 Å². The van der Waals surface area contributed by atoms with Gasteiger partial charge in [0.2, 0.25) is 15.9 Å². The fraction of sp³-hybridized carbons (Fsp3) is 0.720. The van der Waals surface area contributed by atoms with Crippen LogP contribution >= 0.6 is 0 Å². The van der Waals surface area contributed by atoms with Gasteiger partial charge in [-0.25, -0.2) is 12.7 Å². The molecule has 2 aliphatic rings. The number of amides is 1. The Morgan fingerprint density at radius 3 is 2.50 bits per heavy atom. The molecule has 2 fully saturated rings. The molecule has 2 heterocycles. The van der Waals surface area contributed by atoms with Gasteiger partial charge in [-0.3, -0.25) is 4.79 Å². The van der Waals surface area contributed by atoms with E-state index in [9.17, 15) is 13.2 Å². The van der Waals surface area contributed by atoms with Crippen LogP contribution in [0.1, 0.15) is 51.5 Å². The van der Waals surface area contributed by atoms with Gasteiger partial charge in [0.05, 0.1) is 11.7 Å². The van der Waals surface area contributed by atoms with Crippen molar-refractivity contribution in [2.75, 3.05) is 45.0 Å². The summed E-state index contributed by atoms with van der Waals surface area (Å²) in [4.78, 5) is 15.2. The third-order valence-electron chi connectivity index (χ3n) is 6.75. The molecule has 1 aromatic rings. The van der Waals surface area contributed by atoms with E-state index >= 15 is 0 Å². The number of nitrogens with zero attached hydrogens (tertiary/aromatic N) is 2. The Morgan fingerprint density at radius 1 is 1.06 bits per heavy atom. The predicted molar refractivity (Wildman–Crippen MR) is 130 cm³/mol. The van der Waals surface area contributed by atoms with Crippen LogP contribution in [0.4, 0.5) is 0 Å². The van der Waals surface area contributed by atoms with Gasteiger partial charge in [0.1, 0.15) is 0 Å². The maximum absolute atomic E-state index is 12.8. The summed E-state index contributed by atoms with van der Waals surface area (Å²) in [6.07, 6.45) is 5.13. The van der Waals surface area contributed by atoms with E-state index < -0.39 is 10.0 Å². The minimum absolute atomic E-state index is 0.00886. The fourth-order valence-electron chi connectivity index (χ4n) is 5.27. The quantitative estimate of drug-likeness (QED) is 0.541. The molecule has 1 aromatic carbocycles. The molecule has 0 aliphatic carbocycles. The third kappa shape index (κ3) is 7.85. The summed E-state index contributed by atoms with van der Waals surface area (Å²) < 4.78 is 27.2. The molecule has 0 saturated carbocycles. The first-order valence-electron chi connectivity index (χ1n) is 12.4. The van der Waals surface area contributed by atoms with Gasteiger partial charge in [0.25, 0.3) is 0 Å². The molecular weight excluding hydrogens is 422 g/mol. The van der Waals surface area contributed by atoms with E-state index in [1.54, 1.807) is 4.31 Å². The maximum Gasteiger partial charge on any atom is 0.224 e. The lowest BCUT2D eigenvalue weighted by molar-refractivity contribution is -0.126. The molecule has 1 amide bonds. The van der Waals surface area contributed by atoms with Crippen molar-refractivity contribution >= 4 is 15.9 Å². The van der Waals surface area contributed by atoms with Gasteiger partial charge in [-0.2, -0.15) is 0 Å². The highest BCUT2D eigenvalue weighted by Crippen LogP contribution is 2.22. The molecule has 2 aliphatic heterocycles. The van der Waals surface area contributed by atoms with Crippen LogP contribution in [0.3, 0.4) is 0 Å². The zero-order chi connectivity index (χ0) is 23.0. The molecule has 0 spiro atoms. The summed E-state index contributed by atoms with van der Waals surface area (Å²) in [5.74, 6) is 1.41. The molecule has 2 saturated heterocycles. The standard InChI is InChI=1S/C25H41N3O3S/c1-21-17-22(2)19-27(18-21)14-8-13-26-25(29)24-12-6-15-28(20-24)32(30,31)16-7-11-23-9-4-3-5-10-23/h3-5,9-10,21-22,24H,6-8,11-20H2,1-2H3,(H,26,29)/t21-,22-,24+/m0/s1. The zero-order valence-corrected chi connectivity index (χ0v) is 20.7. The molecule has 0 bridgehead atoms. The number of hydrogen-bond acceptors (Lipinski definition) is 4. The molecule has 7 heteroatoms. The van der Waals surface area contributed by atoms with E-state index in [2.05, 4.69) is 24.1 Å². The first-order valence-corrected chi connectivity index (χ1v) is 14.0. The molecule has 6 nitrogen and oxygen atoms in total. The number of likely N-dealkylation sites (tertiary alicyclic amines) is 1. The van der Waals surface area contributed by atoms with Crippen LogP contribution in [0.15, 0.2) is 30.3 Å². The number of carbonyl (C=O) groups is 1. The number of aryl methyl sites for hydroxylation is 1. The van der Waals surface area contributed by atoms with E-state index in [0.717, 1.165) is 62.7 Å². The van der Waals surface area contributed by atoms with E-state index in [4.69, 9.17) is 0 Å². The Labute approximate surface area is 194 Å². The highest BCUT2D eigenvalue weighted by molar-refractivity contribution is 7.89. The number of benzene rings is 1. The number of carbonyl (C=O) groups excluding carboxylic acids is 1. The Bertz CT molecular complexity index is 805. The topological polar surface area (TPSA) is 69.7 Å². The summed E-state index contributed by atoms with van der Waals surface area (Å²) in [6.45, 7) is 9.46. The number of sulfonamides is 1. The van der Waals surface area contributed by atoms with Gasteiger partial charge < -0.3 is 10.2 Å². The van der Waals surface area contributed by atoms with Crippen LogP contribution in [0.25, 0.3) is 0 Å². The largest absolute Gasteiger partial charge is 0.356 e. The second-order valence-electron chi connectivity index (χ2n) is 9.95.